The summed E-state index contributed by atoms with van der Waals surface area (Å²) in [6.07, 6.45) is 3.49. The van der Waals surface area contributed by atoms with E-state index in [9.17, 15) is 5.21 Å². The highest BCUT2D eigenvalue weighted by Crippen LogP contribution is 2.07. The molecule has 0 fully saturated rings. The van der Waals surface area contributed by atoms with E-state index in [1.165, 1.54) is 12.8 Å². The summed E-state index contributed by atoms with van der Waals surface area (Å²) in [5.74, 6) is 0.607. The van der Waals surface area contributed by atoms with Crippen LogP contribution in [-0.2, 0) is 0 Å². The molecule has 0 aliphatic heterocycles. The first-order valence-corrected chi connectivity index (χ1v) is 5.67. The average molecular weight is 259 g/mol. The Bertz CT molecular complexity index is 291. The van der Waals surface area contributed by atoms with Gasteiger partial charge >= 0.3 is 0 Å². The molecule has 0 spiro atoms. The lowest BCUT2D eigenvalue weighted by Crippen LogP contribution is -2.32. The minimum atomic E-state index is 0.540. The molecule has 0 aliphatic carbocycles. The Balaban J connectivity index is 2.46. The maximum Gasteiger partial charge on any atom is 0.278 e. The molecule has 0 aliphatic rings. The lowest BCUT2D eigenvalue weighted by molar-refractivity contribution is -0.602. The molecule has 1 rings (SSSR count). The first-order chi connectivity index (χ1) is 6.75. The molecule has 14 heavy (non-hydrogen) atoms. The van der Waals surface area contributed by atoms with Crippen molar-refractivity contribution in [3.8, 4) is 0 Å². The Morgan fingerprint density at radius 3 is 2.93 bits per heavy atom. The number of nitrogens with zero attached hydrogens (tertiary/aromatic N) is 1. The molecule has 0 amide bonds. The largest absolute Gasteiger partial charge is 0.710 e. The summed E-state index contributed by atoms with van der Waals surface area (Å²) >= 11 is 3.18. The summed E-state index contributed by atoms with van der Waals surface area (Å²) in [6, 6.07) is 5.36. The van der Waals surface area contributed by atoms with Gasteiger partial charge in [0.1, 0.15) is 0 Å². The molecule has 0 bridgehead atoms. The highest BCUT2D eigenvalue weighted by molar-refractivity contribution is 9.10. The van der Waals surface area contributed by atoms with Gasteiger partial charge in [-0.3, -0.25) is 5.32 Å². The Hall–Kier alpha value is -0.770. The van der Waals surface area contributed by atoms with Gasteiger partial charge in [-0.15, -0.1) is 0 Å². The molecule has 0 unspecified atom stereocenters. The van der Waals surface area contributed by atoms with Crippen molar-refractivity contribution in [3.63, 3.8) is 0 Å². The standard InChI is InChI=1S/C10H15BrN2O/c1-2-3-4-8-12-10-7-5-6-9(11)13(10)14/h5-7,12H,2-4,8H2,1H3. The molecule has 0 saturated heterocycles. The average Bonchev–Trinajstić information content (AvgIpc) is 2.19. The van der Waals surface area contributed by atoms with Crippen LogP contribution in [0.1, 0.15) is 26.2 Å². The van der Waals surface area contributed by atoms with Crippen LogP contribution in [0.5, 0.6) is 0 Å². The number of aromatic nitrogens is 1. The van der Waals surface area contributed by atoms with Gasteiger partial charge < -0.3 is 5.21 Å². The second kappa shape index (κ2) is 5.86. The topological polar surface area (TPSA) is 39.0 Å². The second-order valence-electron chi connectivity index (χ2n) is 3.16. The van der Waals surface area contributed by atoms with Gasteiger partial charge in [0, 0.05) is 6.07 Å². The summed E-state index contributed by atoms with van der Waals surface area (Å²) in [5, 5.41) is 14.5. The molecule has 0 saturated carbocycles. The van der Waals surface area contributed by atoms with E-state index in [2.05, 4.69) is 28.2 Å². The number of anilines is 1. The third-order valence-electron chi connectivity index (χ3n) is 1.99. The predicted octanol–water partition coefficient (Wildman–Crippen LogP) is 2.68. The molecule has 78 valence electrons. The Labute approximate surface area is 92.9 Å². The van der Waals surface area contributed by atoms with Gasteiger partial charge in [0.15, 0.2) is 4.60 Å². The third kappa shape index (κ3) is 3.18. The van der Waals surface area contributed by atoms with Crippen molar-refractivity contribution in [2.24, 2.45) is 0 Å². The van der Waals surface area contributed by atoms with Crippen LogP contribution in [0.15, 0.2) is 22.8 Å². The van der Waals surface area contributed by atoms with Gasteiger partial charge in [-0.05, 0) is 40.9 Å². The number of unbranched alkanes of at least 4 members (excludes halogenated alkanes) is 2. The molecule has 1 aromatic heterocycles. The van der Waals surface area contributed by atoms with Gasteiger partial charge in [0.25, 0.3) is 5.82 Å². The molecule has 0 radical (unpaired) electrons. The molecular formula is C10H15BrN2O. The van der Waals surface area contributed by atoms with E-state index < -0.39 is 0 Å². The predicted molar refractivity (Wildman–Crippen MR) is 61.1 cm³/mol. The minimum absolute atomic E-state index is 0.540. The first-order valence-electron chi connectivity index (χ1n) is 4.87. The van der Waals surface area contributed by atoms with Crippen molar-refractivity contribution in [1.29, 1.82) is 0 Å². The fourth-order valence-electron chi connectivity index (χ4n) is 1.19. The monoisotopic (exact) mass is 258 g/mol. The van der Waals surface area contributed by atoms with Crippen molar-refractivity contribution in [1.82, 2.24) is 0 Å². The van der Waals surface area contributed by atoms with Gasteiger partial charge in [-0.2, -0.15) is 0 Å². The van der Waals surface area contributed by atoms with Gasteiger partial charge in [0.05, 0.1) is 6.54 Å². The molecular weight excluding hydrogens is 244 g/mol. The normalized spacial score (nSPS) is 10.1. The first kappa shape index (κ1) is 11.3. The Morgan fingerprint density at radius 1 is 1.43 bits per heavy atom. The summed E-state index contributed by atoms with van der Waals surface area (Å²) in [6.45, 7) is 3.01. The van der Waals surface area contributed by atoms with Crippen molar-refractivity contribution < 1.29 is 4.73 Å². The SMILES string of the molecule is CCCCCNc1cccc(Br)[n+]1[O-]. The number of rotatable bonds is 5. The van der Waals surface area contributed by atoms with Crippen LogP contribution in [0.4, 0.5) is 5.82 Å². The van der Waals surface area contributed by atoms with Crippen LogP contribution in [0, 0.1) is 5.21 Å². The van der Waals surface area contributed by atoms with Gasteiger partial charge in [-0.25, -0.2) is 4.73 Å². The van der Waals surface area contributed by atoms with Crippen molar-refractivity contribution >= 4 is 21.7 Å². The Morgan fingerprint density at radius 2 is 2.21 bits per heavy atom. The molecule has 0 atom stereocenters. The molecule has 3 nitrogen and oxygen atoms in total. The van der Waals surface area contributed by atoms with Crippen LogP contribution < -0.4 is 10.0 Å². The number of hydrogen-bond acceptors (Lipinski definition) is 2. The summed E-state index contributed by atoms with van der Waals surface area (Å²) in [7, 11) is 0. The van der Waals surface area contributed by atoms with E-state index in [1.54, 1.807) is 12.1 Å². The lowest BCUT2D eigenvalue weighted by atomic mass is 10.2. The van der Waals surface area contributed by atoms with Crippen LogP contribution in [0.25, 0.3) is 0 Å². The number of pyridine rings is 1. The van der Waals surface area contributed by atoms with Crippen molar-refractivity contribution in [3.05, 3.63) is 28.0 Å². The van der Waals surface area contributed by atoms with E-state index in [0.717, 1.165) is 17.7 Å². The smallest absolute Gasteiger partial charge is 0.278 e. The molecule has 0 aromatic carbocycles. The fraction of sp³-hybridized carbons (Fsp3) is 0.500. The van der Waals surface area contributed by atoms with E-state index in [0.29, 0.717) is 10.4 Å². The maximum atomic E-state index is 11.4. The second-order valence-corrected chi connectivity index (χ2v) is 3.97. The summed E-state index contributed by atoms with van der Waals surface area (Å²) in [5.41, 5.74) is 0. The molecule has 4 heteroatoms. The maximum absolute atomic E-state index is 11.4. The number of hydrogen-bond donors (Lipinski definition) is 1. The Kier molecular flexibility index (Phi) is 4.73. The molecule has 1 heterocycles. The highest BCUT2D eigenvalue weighted by Gasteiger charge is 2.04. The fourth-order valence-corrected chi connectivity index (χ4v) is 1.53. The molecule has 1 N–H and O–H groups in total. The zero-order chi connectivity index (χ0) is 10.4. The van der Waals surface area contributed by atoms with Crippen LogP contribution in [0.2, 0.25) is 0 Å². The lowest BCUT2D eigenvalue weighted by Gasteiger charge is -2.09. The zero-order valence-corrected chi connectivity index (χ0v) is 9.88. The van der Waals surface area contributed by atoms with Crippen LogP contribution in [0.3, 0.4) is 0 Å². The van der Waals surface area contributed by atoms with E-state index >= 15 is 0 Å². The van der Waals surface area contributed by atoms with Crippen molar-refractivity contribution in [2.75, 3.05) is 11.9 Å². The summed E-state index contributed by atoms with van der Waals surface area (Å²) in [4.78, 5) is 0. The van der Waals surface area contributed by atoms with E-state index in [4.69, 9.17) is 0 Å². The van der Waals surface area contributed by atoms with Crippen LogP contribution in [-0.4, -0.2) is 6.54 Å². The molecule has 1 aromatic rings. The highest BCUT2D eigenvalue weighted by atomic mass is 79.9. The van der Waals surface area contributed by atoms with E-state index in [-0.39, 0.29) is 0 Å². The zero-order valence-electron chi connectivity index (χ0n) is 8.29. The summed E-state index contributed by atoms with van der Waals surface area (Å²) < 4.78 is 1.39. The quantitative estimate of drug-likeness (QED) is 0.382. The van der Waals surface area contributed by atoms with Gasteiger partial charge in [0.2, 0.25) is 0 Å². The van der Waals surface area contributed by atoms with Crippen molar-refractivity contribution in [2.45, 2.75) is 26.2 Å². The number of nitrogens with one attached hydrogen (secondary N) is 1. The minimum Gasteiger partial charge on any atom is -0.710 e. The number of halogens is 1. The van der Waals surface area contributed by atoms with E-state index in [1.807, 2.05) is 6.07 Å². The van der Waals surface area contributed by atoms with Crippen LogP contribution >= 0.6 is 15.9 Å². The van der Waals surface area contributed by atoms with Gasteiger partial charge in [-0.1, -0.05) is 13.3 Å². The third-order valence-corrected chi connectivity index (χ3v) is 2.57.